The Morgan fingerprint density at radius 2 is 1.72 bits per heavy atom. The molecule has 1 aliphatic carbocycles. The van der Waals surface area contributed by atoms with E-state index in [1.807, 2.05) is 0 Å². The van der Waals surface area contributed by atoms with E-state index in [1.165, 1.54) is 12.8 Å². The Kier molecular flexibility index (Phi) is 6.61. The Labute approximate surface area is 113 Å². The molecule has 1 rings (SSSR count). The first-order valence-electron chi connectivity index (χ1n) is 7.52. The zero-order chi connectivity index (χ0) is 13.7. The van der Waals surface area contributed by atoms with Crippen LogP contribution in [0.4, 0.5) is 0 Å². The average Bonchev–Trinajstić information content (AvgIpc) is 2.24. The van der Waals surface area contributed by atoms with Gasteiger partial charge in [-0.05, 0) is 51.7 Å². The van der Waals surface area contributed by atoms with Crippen LogP contribution in [-0.2, 0) is 0 Å². The molecule has 0 aromatic heterocycles. The quantitative estimate of drug-likeness (QED) is 0.788. The van der Waals surface area contributed by atoms with Crippen molar-refractivity contribution >= 4 is 0 Å². The molecule has 0 aromatic carbocycles. The Hall–Kier alpha value is -0.120. The van der Waals surface area contributed by atoms with Gasteiger partial charge in [-0.2, -0.15) is 0 Å². The van der Waals surface area contributed by atoms with Crippen molar-refractivity contribution in [2.24, 2.45) is 11.8 Å². The lowest BCUT2D eigenvalue weighted by Gasteiger charge is -2.44. The summed E-state index contributed by atoms with van der Waals surface area (Å²) in [5.41, 5.74) is 0. The second-order valence-corrected chi connectivity index (χ2v) is 6.45. The second-order valence-electron chi connectivity index (χ2n) is 6.45. The number of nitrogens with zero attached hydrogens (tertiary/aromatic N) is 2. The Bertz CT molecular complexity index is 221. The van der Waals surface area contributed by atoms with Gasteiger partial charge in [0.1, 0.15) is 0 Å². The lowest BCUT2D eigenvalue weighted by atomic mass is 9.77. The van der Waals surface area contributed by atoms with Crippen molar-refractivity contribution in [1.82, 2.24) is 9.80 Å². The van der Waals surface area contributed by atoms with Crippen LogP contribution in [-0.4, -0.2) is 60.8 Å². The molecule has 4 unspecified atom stereocenters. The number of rotatable bonds is 6. The minimum atomic E-state index is -0.141. The highest BCUT2D eigenvalue weighted by Crippen LogP contribution is 2.32. The van der Waals surface area contributed by atoms with Crippen LogP contribution in [0.1, 0.15) is 40.0 Å². The minimum absolute atomic E-state index is 0.141. The standard InChI is InChI=1S/C15H32N2O/c1-6-7-17(9-8-16(4)5)15-13(3)10-12(2)11-14(15)18/h12-15,18H,6-11H2,1-5H3. The Morgan fingerprint density at radius 3 is 2.22 bits per heavy atom. The molecule has 0 aromatic rings. The van der Waals surface area contributed by atoms with Gasteiger partial charge in [0.05, 0.1) is 6.10 Å². The van der Waals surface area contributed by atoms with Crippen molar-refractivity contribution in [2.75, 3.05) is 33.7 Å². The first-order valence-corrected chi connectivity index (χ1v) is 7.52. The van der Waals surface area contributed by atoms with E-state index in [-0.39, 0.29) is 6.10 Å². The molecule has 1 fully saturated rings. The molecule has 1 N–H and O–H groups in total. The molecule has 0 spiro atoms. The predicted molar refractivity (Wildman–Crippen MR) is 77.8 cm³/mol. The summed E-state index contributed by atoms with van der Waals surface area (Å²) >= 11 is 0. The maximum Gasteiger partial charge on any atom is 0.0700 e. The maximum absolute atomic E-state index is 10.4. The fraction of sp³-hybridized carbons (Fsp3) is 1.00. The third-order valence-corrected chi connectivity index (χ3v) is 4.16. The van der Waals surface area contributed by atoms with Crippen LogP contribution in [0.2, 0.25) is 0 Å². The molecule has 108 valence electrons. The highest BCUT2D eigenvalue weighted by Gasteiger charge is 2.36. The van der Waals surface area contributed by atoms with E-state index < -0.39 is 0 Å². The van der Waals surface area contributed by atoms with Crippen molar-refractivity contribution in [3.8, 4) is 0 Å². The number of hydrogen-bond donors (Lipinski definition) is 1. The highest BCUT2D eigenvalue weighted by molar-refractivity contribution is 4.90. The largest absolute Gasteiger partial charge is 0.391 e. The molecule has 0 amide bonds. The third kappa shape index (κ3) is 4.52. The molecular weight excluding hydrogens is 224 g/mol. The summed E-state index contributed by atoms with van der Waals surface area (Å²) < 4.78 is 0. The van der Waals surface area contributed by atoms with Gasteiger partial charge in [-0.1, -0.05) is 20.8 Å². The Balaban J connectivity index is 2.64. The summed E-state index contributed by atoms with van der Waals surface area (Å²) in [6.45, 7) is 10.0. The number of hydrogen-bond acceptors (Lipinski definition) is 3. The van der Waals surface area contributed by atoms with Crippen molar-refractivity contribution in [3.05, 3.63) is 0 Å². The van der Waals surface area contributed by atoms with Crippen LogP contribution in [0, 0.1) is 11.8 Å². The Morgan fingerprint density at radius 1 is 1.06 bits per heavy atom. The first-order chi connectivity index (χ1) is 8.45. The fourth-order valence-electron chi connectivity index (χ4n) is 3.43. The van der Waals surface area contributed by atoms with Crippen LogP contribution in [0.3, 0.4) is 0 Å². The lowest BCUT2D eigenvalue weighted by Crippen LogP contribution is -2.53. The summed E-state index contributed by atoms with van der Waals surface area (Å²) in [5, 5.41) is 10.4. The minimum Gasteiger partial charge on any atom is -0.391 e. The normalized spacial score (nSPS) is 33.3. The molecule has 0 bridgehead atoms. The van der Waals surface area contributed by atoms with Crippen LogP contribution < -0.4 is 0 Å². The summed E-state index contributed by atoms with van der Waals surface area (Å²) in [5.74, 6) is 1.28. The maximum atomic E-state index is 10.4. The van der Waals surface area contributed by atoms with Gasteiger partial charge in [0.15, 0.2) is 0 Å². The molecule has 3 heteroatoms. The number of aliphatic hydroxyl groups excluding tert-OH is 1. The number of likely N-dealkylation sites (N-methyl/N-ethyl adjacent to an activating group) is 1. The average molecular weight is 256 g/mol. The van der Waals surface area contributed by atoms with Gasteiger partial charge in [0, 0.05) is 19.1 Å². The smallest absolute Gasteiger partial charge is 0.0700 e. The molecule has 1 saturated carbocycles. The second kappa shape index (κ2) is 7.46. The molecule has 0 radical (unpaired) electrons. The van der Waals surface area contributed by atoms with Gasteiger partial charge in [-0.15, -0.1) is 0 Å². The summed E-state index contributed by atoms with van der Waals surface area (Å²) in [6.07, 6.45) is 3.25. The van der Waals surface area contributed by atoms with E-state index >= 15 is 0 Å². The first kappa shape index (κ1) is 15.9. The number of aliphatic hydroxyl groups is 1. The van der Waals surface area contributed by atoms with Gasteiger partial charge in [0.25, 0.3) is 0 Å². The molecule has 18 heavy (non-hydrogen) atoms. The van der Waals surface area contributed by atoms with E-state index in [0.717, 1.165) is 26.1 Å². The van der Waals surface area contributed by atoms with Crippen LogP contribution in [0.15, 0.2) is 0 Å². The topological polar surface area (TPSA) is 26.7 Å². The summed E-state index contributed by atoms with van der Waals surface area (Å²) in [4.78, 5) is 4.74. The van der Waals surface area contributed by atoms with Crippen molar-refractivity contribution < 1.29 is 5.11 Å². The van der Waals surface area contributed by atoms with Gasteiger partial charge >= 0.3 is 0 Å². The SMILES string of the molecule is CCCN(CCN(C)C)C1C(C)CC(C)CC1O. The van der Waals surface area contributed by atoms with Gasteiger partial charge in [-0.25, -0.2) is 0 Å². The predicted octanol–water partition coefficient (Wildman–Crippen LogP) is 2.06. The van der Waals surface area contributed by atoms with E-state index in [0.29, 0.717) is 17.9 Å². The van der Waals surface area contributed by atoms with Crippen LogP contribution in [0.25, 0.3) is 0 Å². The summed E-state index contributed by atoms with van der Waals surface area (Å²) in [6, 6.07) is 0.362. The van der Waals surface area contributed by atoms with Crippen molar-refractivity contribution in [3.63, 3.8) is 0 Å². The molecule has 0 heterocycles. The third-order valence-electron chi connectivity index (χ3n) is 4.16. The summed E-state index contributed by atoms with van der Waals surface area (Å²) in [7, 11) is 4.24. The van der Waals surface area contributed by atoms with E-state index in [4.69, 9.17) is 0 Å². The fourth-order valence-corrected chi connectivity index (χ4v) is 3.43. The lowest BCUT2D eigenvalue weighted by molar-refractivity contribution is -0.0261. The van der Waals surface area contributed by atoms with E-state index in [2.05, 4.69) is 44.7 Å². The molecule has 4 atom stereocenters. The van der Waals surface area contributed by atoms with Crippen LogP contribution >= 0.6 is 0 Å². The van der Waals surface area contributed by atoms with Gasteiger partial charge in [-0.3, -0.25) is 4.90 Å². The van der Waals surface area contributed by atoms with Crippen molar-refractivity contribution in [1.29, 1.82) is 0 Å². The van der Waals surface area contributed by atoms with Crippen molar-refractivity contribution in [2.45, 2.75) is 52.2 Å². The van der Waals surface area contributed by atoms with E-state index in [9.17, 15) is 5.11 Å². The molecule has 0 saturated heterocycles. The van der Waals surface area contributed by atoms with E-state index in [1.54, 1.807) is 0 Å². The molecular formula is C15H32N2O. The zero-order valence-corrected chi connectivity index (χ0v) is 12.9. The van der Waals surface area contributed by atoms with Gasteiger partial charge in [0.2, 0.25) is 0 Å². The highest BCUT2D eigenvalue weighted by atomic mass is 16.3. The molecule has 0 aliphatic heterocycles. The van der Waals surface area contributed by atoms with Crippen LogP contribution in [0.5, 0.6) is 0 Å². The van der Waals surface area contributed by atoms with Gasteiger partial charge < -0.3 is 10.0 Å². The molecule has 1 aliphatic rings. The molecule has 3 nitrogen and oxygen atoms in total. The monoisotopic (exact) mass is 256 g/mol. The zero-order valence-electron chi connectivity index (χ0n) is 12.9.